The Morgan fingerprint density at radius 3 is 2.50 bits per heavy atom. The van der Waals surface area contributed by atoms with Crippen LogP contribution in [-0.4, -0.2) is 23.8 Å². The van der Waals surface area contributed by atoms with Crippen LogP contribution in [0.25, 0.3) is 0 Å². The van der Waals surface area contributed by atoms with Crippen LogP contribution >= 0.6 is 0 Å². The third-order valence-corrected chi connectivity index (χ3v) is 3.28. The van der Waals surface area contributed by atoms with Gasteiger partial charge < -0.3 is 9.84 Å². The average Bonchev–Trinajstić information content (AvgIpc) is 2.26. The standard InChI is InChI=1S/C13H22O3/c1-3-11(13(14)15)8-9-16-12-6-4-10(2)5-7-12/h8,10,12H,3-7,9H2,1-2H3,(H,14,15). The van der Waals surface area contributed by atoms with E-state index < -0.39 is 5.97 Å². The van der Waals surface area contributed by atoms with Gasteiger partial charge in [0, 0.05) is 5.57 Å². The topological polar surface area (TPSA) is 46.5 Å². The highest BCUT2D eigenvalue weighted by atomic mass is 16.5. The molecule has 0 atom stereocenters. The Kier molecular flexibility index (Phi) is 5.53. The molecule has 0 radical (unpaired) electrons. The largest absolute Gasteiger partial charge is 0.478 e. The van der Waals surface area contributed by atoms with Gasteiger partial charge >= 0.3 is 5.97 Å². The Labute approximate surface area is 97.5 Å². The Hall–Kier alpha value is -0.830. The molecule has 3 heteroatoms. The van der Waals surface area contributed by atoms with E-state index in [0.717, 1.165) is 18.8 Å². The first-order valence-corrected chi connectivity index (χ1v) is 6.17. The molecule has 0 spiro atoms. The van der Waals surface area contributed by atoms with Crippen molar-refractivity contribution in [3.63, 3.8) is 0 Å². The lowest BCUT2D eigenvalue weighted by molar-refractivity contribution is -0.132. The van der Waals surface area contributed by atoms with Gasteiger partial charge in [-0.25, -0.2) is 4.79 Å². The van der Waals surface area contributed by atoms with Gasteiger partial charge in [0.2, 0.25) is 0 Å². The van der Waals surface area contributed by atoms with Crippen molar-refractivity contribution in [1.29, 1.82) is 0 Å². The summed E-state index contributed by atoms with van der Waals surface area (Å²) in [5.41, 5.74) is 0.448. The van der Waals surface area contributed by atoms with Gasteiger partial charge in [0.15, 0.2) is 0 Å². The Morgan fingerprint density at radius 1 is 1.38 bits per heavy atom. The zero-order valence-corrected chi connectivity index (χ0v) is 10.2. The van der Waals surface area contributed by atoms with E-state index in [1.165, 1.54) is 12.8 Å². The molecule has 0 bridgehead atoms. The highest BCUT2D eigenvalue weighted by Gasteiger charge is 2.18. The second-order valence-corrected chi connectivity index (χ2v) is 4.60. The molecule has 0 aromatic carbocycles. The summed E-state index contributed by atoms with van der Waals surface area (Å²) in [6, 6.07) is 0. The molecule has 92 valence electrons. The molecule has 0 aliphatic heterocycles. The van der Waals surface area contributed by atoms with Gasteiger partial charge in [-0.3, -0.25) is 0 Å². The van der Waals surface area contributed by atoms with Gasteiger partial charge in [-0.05, 0) is 44.1 Å². The second kappa shape index (κ2) is 6.69. The summed E-state index contributed by atoms with van der Waals surface area (Å²) in [5, 5.41) is 8.82. The minimum absolute atomic E-state index is 0.333. The molecular formula is C13H22O3. The third-order valence-electron chi connectivity index (χ3n) is 3.28. The summed E-state index contributed by atoms with van der Waals surface area (Å²) < 4.78 is 5.67. The lowest BCUT2D eigenvalue weighted by atomic mass is 9.89. The van der Waals surface area contributed by atoms with E-state index in [9.17, 15) is 4.79 Å². The van der Waals surface area contributed by atoms with Crippen LogP contribution in [0, 0.1) is 5.92 Å². The van der Waals surface area contributed by atoms with Crippen molar-refractivity contribution in [2.75, 3.05) is 6.61 Å². The van der Waals surface area contributed by atoms with Gasteiger partial charge in [0.05, 0.1) is 12.7 Å². The van der Waals surface area contributed by atoms with Crippen LogP contribution in [0.15, 0.2) is 11.6 Å². The maximum Gasteiger partial charge on any atom is 0.331 e. The first-order chi connectivity index (χ1) is 7.63. The van der Waals surface area contributed by atoms with Crippen molar-refractivity contribution in [1.82, 2.24) is 0 Å². The molecular weight excluding hydrogens is 204 g/mol. The molecule has 16 heavy (non-hydrogen) atoms. The molecule has 0 aromatic heterocycles. The van der Waals surface area contributed by atoms with Crippen molar-refractivity contribution in [3.05, 3.63) is 11.6 Å². The first-order valence-electron chi connectivity index (χ1n) is 6.17. The van der Waals surface area contributed by atoms with Crippen LogP contribution in [-0.2, 0) is 9.53 Å². The van der Waals surface area contributed by atoms with Crippen LogP contribution in [0.4, 0.5) is 0 Å². The summed E-state index contributed by atoms with van der Waals surface area (Å²) >= 11 is 0. The Morgan fingerprint density at radius 2 is 2.00 bits per heavy atom. The molecule has 1 saturated carbocycles. The lowest BCUT2D eigenvalue weighted by Crippen LogP contribution is -2.20. The number of ether oxygens (including phenoxy) is 1. The summed E-state index contributed by atoms with van der Waals surface area (Å²) in [4.78, 5) is 10.7. The summed E-state index contributed by atoms with van der Waals surface area (Å²) in [5.74, 6) is -0.0102. The van der Waals surface area contributed by atoms with Crippen molar-refractivity contribution >= 4 is 5.97 Å². The molecule has 1 N–H and O–H groups in total. The number of carboxylic acids is 1. The van der Waals surface area contributed by atoms with E-state index in [2.05, 4.69) is 6.92 Å². The number of aliphatic carboxylic acids is 1. The number of hydrogen-bond donors (Lipinski definition) is 1. The van der Waals surface area contributed by atoms with E-state index in [0.29, 0.717) is 24.7 Å². The van der Waals surface area contributed by atoms with E-state index in [-0.39, 0.29) is 0 Å². The zero-order valence-electron chi connectivity index (χ0n) is 10.2. The van der Waals surface area contributed by atoms with E-state index in [1.807, 2.05) is 6.92 Å². The van der Waals surface area contributed by atoms with Gasteiger partial charge in [-0.2, -0.15) is 0 Å². The molecule has 0 saturated heterocycles. The summed E-state index contributed by atoms with van der Waals surface area (Å²) in [6.07, 6.45) is 7.27. The highest BCUT2D eigenvalue weighted by molar-refractivity contribution is 5.86. The van der Waals surface area contributed by atoms with Crippen LogP contribution in [0.3, 0.4) is 0 Å². The van der Waals surface area contributed by atoms with E-state index in [4.69, 9.17) is 9.84 Å². The third kappa shape index (κ3) is 4.35. The van der Waals surface area contributed by atoms with Gasteiger partial charge in [-0.15, -0.1) is 0 Å². The van der Waals surface area contributed by atoms with E-state index in [1.54, 1.807) is 6.08 Å². The maximum atomic E-state index is 10.7. The molecule has 0 aromatic rings. The van der Waals surface area contributed by atoms with Gasteiger partial charge in [0.1, 0.15) is 0 Å². The van der Waals surface area contributed by atoms with Crippen LogP contribution in [0.1, 0.15) is 46.0 Å². The SMILES string of the molecule is CCC(=CCOC1CCC(C)CC1)C(=O)O. The van der Waals surface area contributed by atoms with Crippen molar-refractivity contribution in [3.8, 4) is 0 Å². The fourth-order valence-electron chi connectivity index (χ4n) is 2.06. The quantitative estimate of drug-likeness (QED) is 0.733. The van der Waals surface area contributed by atoms with Crippen molar-refractivity contribution < 1.29 is 14.6 Å². The lowest BCUT2D eigenvalue weighted by Gasteiger charge is -2.25. The molecule has 0 amide bonds. The zero-order chi connectivity index (χ0) is 12.0. The molecule has 0 unspecified atom stereocenters. The smallest absolute Gasteiger partial charge is 0.331 e. The normalized spacial score (nSPS) is 26.8. The van der Waals surface area contributed by atoms with Gasteiger partial charge in [0.25, 0.3) is 0 Å². The number of rotatable bonds is 5. The van der Waals surface area contributed by atoms with Crippen molar-refractivity contribution in [2.45, 2.75) is 52.1 Å². The van der Waals surface area contributed by atoms with E-state index >= 15 is 0 Å². The fraction of sp³-hybridized carbons (Fsp3) is 0.769. The minimum atomic E-state index is -0.830. The highest BCUT2D eigenvalue weighted by Crippen LogP contribution is 2.25. The Balaban J connectivity index is 2.26. The summed E-state index contributed by atoms with van der Waals surface area (Å²) in [7, 11) is 0. The van der Waals surface area contributed by atoms with Crippen LogP contribution in [0.5, 0.6) is 0 Å². The monoisotopic (exact) mass is 226 g/mol. The average molecular weight is 226 g/mol. The molecule has 3 nitrogen and oxygen atoms in total. The first kappa shape index (κ1) is 13.2. The fourth-order valence-corrected chi connectivity index (χ4v) is 2.06. The predicted molar refractivity (Wildman–Crippen MR) is 63.4 cm³/mol. The summed E-state index contributed by atoms with van der Waals surface area (Å²) in [6.45, 7) is 4.56. The number of carbonyl (C=O) groups is 1. The second-order valence-electron chi connectivity index (χ2n) is 4.60. The number of hydrogen-bond acceptors (Lipinski definition) is 2. The molecule has 0 heterocycles. The van der Waals surface area contributed by atoms with Gasteiger partial charge in [-0.1, -0.05) is 13.8 Å². The number of carboxylic acid groups (broad SMARTS) is 1. The molecule has 1 rings (SSSR count). The van der Waals surface area contributed by atoms with Crippen LogP contribution in [0.2, 0.25) is 0 Å². The maximum absolute atomic E-state index is 10.7. The van der Waals surface area contributed by atoms with Crippen LogP contribution < -0.4 is 0 Å². The molecule has 1 aliphatic rings. The molecule has 1 fully saturated rings. The minimum Gasteiger partial charge on any atom is -0.478 e. The van der Waals surface area contributed by atoms with Crippen molar-refractivity contribution in [2.24, 2.45) is 5.92 Å². The predicted octanol–water partition coefficient (Wildman–Crippen LogP) is 3.00. The molecule has 1 aliphatic carbocycles. The Bertz CT molecular complexity index is 250.